The third-order valence-corrected chi connectivity index (χ3v) is 3.53. The van der Waals surface area contributed by atoms with Crippen LogP contribution in [0.4, 0.5) is 10.5 Å². The lowest BCUT2D eigenvalue weighted by Crippen LogP contribution is -2.36. The first kappa shape index (κ1) is 13.0. The van der Waals surface area contributed by atoms with Gasteiger partial charge in [-0.1, -0.05) is 32.0 Å². The third-order valence-electron chi connectivity index (χ3n) is 2.55. The van der Waals surface area contributed by atoms with E-state index in [1.807, 2.05) is 44.2 Å². The van der Waals surface area contributed by atoms with Gasteiger partial charge < -0.3 is 5.32 Å². The Morgan fingerprint density at radius 3 is 2.56 bits per heavy atom. The molecule has 1 aliphatic heterocycles. The number of carbonyl (C=O) groups excluding carboxylic acids is 2. The summed E-state index contributed by atoms with van der Waals surface area (Å²) >= 11 is 1.04. The van der Waals surface area contributed by atoms with Crippen LogP contribution in [0, 0.1) is 5.92 Å². The van der Waals surface area contributed by atoms with Gasteiger partial charge in [0.05, 0.1) is 0 Å². The molecule has 96 valence electrons. The first-order valence-corrected chi connectivity index (χ1v) is 6.79. The summed E-state index contributed by atoms with van der Waals surface area (Å²) in [6, 6.07) is 9.44. The zero-order chi connectivity index (χ0) is 13.1. The van der Waals surface area contributed by atoms with Crippen molar-refractivity contribution in [3.63, 3.8) is 0 Å². The molecule has 0 saturated carbocycles. The monoisotopic (exact) mass is 264 g/mol. The van der Waals surface area contributed by atoms with Gasteiger partial charge in [0, 0.05) is 12.2 Å². The molecule has 0 aromatic heterocycles. The van der Waals surface area contributed by atoms with Crippen molar-refractivity contribution in [2.45, 2.75) is 19.2 Å². The van der Waals surface area contributed by atoms with Gasteiger partial charge in [-0.05, 0) is 29.8 Å². The maximum absolute atomic E-state index is 12.1. The largest absolute Gasteiger partial charge is 0.365 e. The summed E-state index contributed by atoms with van der Waals surface area (Å²) in [6.07, 6.45) is 0. The number of amides is 2. The van der Waals surface area contributed by atoms with Gasteiger partial charge in [-0.25, -0.2) is 0 Å². The fourth-order valence-corrected chi connectivity index (χ4v) is 2.67. The number of rotatable bonds is 4. The summed E-state index contributed by atoms with van der Waals surface area (Å²) in [4.78, 5) is 25.2. The molecule has 1 aromatic carbocycles. The smallest absolute Gasteiger partial charge is 0.290 e. The van der Waals surface area contributed by atoms with Gasteiger partial charge in [-0.3, -0.25) is 14.5 Å². The first-order valence-electron chi connectivity index (χ1n) is 5.91. The van der Waals surface area contributed by atoms with Gasteiger partial charge in [0.25, 0.3) is 11.1 Å². The minimum atomic E-state index is -0.501. The molecule has 1 aliphatic rings. The molecule has 1 fully saturated rings. The van der Waals surface area contributed by atoms with Crippen LogP contribution in [0.5, 0.6) is 0 Å². The highest BCUT2D eigenvalue weighted by Crippen LogP contribution is 2.28. The van der Waals surface area contributed by atoms with E-state index in [9.17, 15) is 9.59 Å². The SMILES string of the molecule is CC(C)CN1C(=O)S[C@H](Nc2ccccc2)C1=O. The molecular weight excluding hydrogens is 248 g/mol. The van der Waals surface area contributed by atoms with Crippen LogP contribution in [-0.4, -0.2) is 28.0 Å². The van der Waals surface area contributed by atoms with Crippen molar-refractivity contribution < 1.29 is 9.59 Å². The molecule has 4 nitrogen and oxygen atoms in total. The summed E-state index contributed by atoms with van der Waals surface area (Å²) < 4.78 is 0. The van der Waals surface area contributed by atoms with E-state index in [2.05, 4.69) is 5.32 Å². The maximum atomic E-state index is 12.1. The van der Waals surface area contributed by atoms with Crippen molar-refractivity contribution >= 4 is 28.6 Å². The van der Waals surface area contributed by atoms with E-state index in [0.29, 0.717) is 6.54 Å². The van der Waals surface area contributed by atoms with Crippen molar-refractivity contribution in [2.24, 2.45) is 5.92 Å². The predicted molar refractivity (Wildman–Crippen MR) is 73.4 cm³/mol. The van der Waals surface area contributed by atoms with E-state index >= 15 is 0 Å². The number of nitrogens with zero attached hydrogens (tertiary/aromatic N) is 1. The quantitative estimate of drug-likeness (QED) is 0.908. The van der Waals surface area contributed by atoms with Crippen molar-refractivity contribution in [1.29, 1.82) is 0 Å². The average molecular weight is 264 g/mol. The lowest BCUT2D eigenvalue weighted by Gasteiger charge is -2.16. The van der Waals surface area contributed by atoms with Crippen LogP contribution >= 0.6 is 11.8 Å². The fraction of sp³-hybridized carbons (Fsp3) is 0.385. The van der Waals surface area contributed by atoms with Crippen LogP contribution < -0.4 is 5.32 Å². The number of benzene rings is 1. The highest BCUT2D eigenvalue weighted by Gasteiger charge is 2.39. The maximum Gasteiger partial charge on any atom is 0.290 e. The summed E-state index contributed by atoms with van der Waals surface area (Å²) in [7, 11) is 0. The van der Waals surface area contributed by atoms with Crippen LogP contribution in [0.3, 0.4) is 0 Å². The van der Waals surface area contributed by atoms with E-state index in [1.54, 1.807) is 0 Å². The molecule has 2 rings (SSSR count). The van der Waals surface area contributed by atoms with Crippen molar-refractivity contribution in [1.82, 2.24) is 4.90 Å². The Morgan fingerprint density at radius 2 is 1.94 bits per heavy atom. The molecular formula is C13H16N2O2S. The number of imide groups is 1. The lowest BCUT2D eigenvalue weighted by molar-refractivity contribution is -0.126. The summed E-state index contributed by atoms with van der Waals surface area (Å²) in [5, 5.41) is 2.41. The molecule has 1 heterocycles. The van der Waals surface area contributed by atoms with Crippen molar-refractivity contribution in [2.75, 3.05) is 11.9 Å². The minimum absolute atomic E-state index is 0.150. The van der Waals surface area contributed by atoms with E-state index in [4.69, 9.17) is 0 Å². The Bertz CT molecular complexity index is 448. The van der Waals surface area contributed by atoms with Gasteiger partial charge in [0.1, 0.15) is 0 Å². The van der Waals surface area contributed by atoms with E-state index in [1.165, 1.54) is 4.90 Å². The average Bonchev–Trinajstić information content (AvgIpc) is 2.58. The van der Waals surface area contributed by atoms with E-state index in [-0.39, 0.29) is 17.1 Å². The zero-order valence-electron chi connectivity index (χ0n) is 10.4. The molecule has 1 aromatic rings. The third kappa shape index (κ3) is 2.85. The normalized spacial score (nSPS) is 19.7. The fourth-order valence-electron chi connectivity index (χ4n) is 1.75. The Balaban J connectivity index is 2.04. The van der Waals surface area contributed by atoms with Crippen LogP contribution in [0.2, 0.25) is 0 Å². The number of hydrogen-bond donors (Lipinski definition) is 1. The van der Waals surface area contributed by atoms with Crippen molar-refractivity contribution in [3.05, 3.63) is 30.3 Å². The van der Waals surface area contributed by atoms with Crippen LogP contribution in [-0.2, 0) is 4.79 Å². The molecule has 1 saturated heterocycles. The second-order valence-corrected chi connectivity index (χ2v) is 5.67. The molecule has 2 amide bonds. The zero-order valence-corrected chi connectivity index (χ0v) is 11.2. The molecule has 18 heavy (non-hydrogen) atoms. The standard InChI is InChI=1S/C13H16N2O2S/c1-9(2)8-15-12(16)11(18-13(15)17)14-10-6-4-3-5-7-10/h3-7,9,11,14H,8H2,1-2H3/t11-/m0/s1. The van der Waals surface area contributed by atoms with E-state index in [0.717, 1.165) is 17.4 Å². The lowest BCUT2D eigenvalue weighted by atomic mass is 10.2. The molecule has 0 spiro atoms. The molecule has 1 N–H and O–H groups in total. The topological polar surface area (TPSA) is 49.4 Å². The number of thioether (sulfide) groups is 1. The van der Waals surface area contributed by atoms with Crippen LogP contribution in [0.25, 0.3) is 0 Å². The second-order valence-electron chi connectivity index (χ2n) is 4.62. The van der Waals surface area contributed by atoms with Gasteiger partial charge in [0.2, 0.25) is 0 Å². The van der Waals surface area contributed by atoms with Crippen LogP contribution in [0.1, 0.15) is 13.8 Å². The van der Waals surface area contributed by atoms with Crippen LogP contribution in [0.15, 0.2) is 30.3 Å². The summed E-state index contributed by atoms with van der Waals surface area (Å²) in [5.41, 5.74) is 0.850. The summed E-state index contributed by atoms with van der Waals surface area (Å²) in [6.45, 7) is 4.46. The molecule has 0 bridgehead atoms. The Labute approximate surface area is 111 Å². The molecule has 0 radical (unpaired) electrons. The Kier molecular flexibility index (Phi) is 3.91. The number of anilines is 1. The Hall–Kier alpha value is -1.49. The highest BCUT2D eigenvalue weighted by atomic mass is 32.2. The number of carbonyl (C=O) groups is 2. The van der Waals surface area contributed by atoms with Gasteiger partial charge >= 0.3 is 0 Å². The summed E-state index contributed by atoms with van der Waals surface area (Å²) in [5.74, 6) is 0.136. The number of nitrogens with one attached hydrogen (secondary N) is 1. The Morgan fingerprint density at radius 1 is 1.28 bits per heavy atom. The van der Waals surface area contributed by atoms with Crippen molar-refractivity contribution in [3.8, 4) is 0 Å². The number of hydrogen-bond acceptors (Lipinski definition) is 4. The minimum Gasteiger partial charge on any atom is -0.365 e. The first-order chi connectivity index (χ1) is 8.58. The predicted octanol–water partition coefficient (Wildman–Crippen LogP) is 2.78. The highest BCUT2D eigenvalue weighted by molar-refractivity contribution is 8.15. The van der Waals surface area contributed by atoms with E-state index < -0.39 is 5.37 Å². The van der Waals surface area contributed by atoms with Gasteiger partial charge in [-0.2, -0.15) is 0 Å². The molecule has 1 atom stereocenters. The molecule has 0 aliphatic carbocycles. The second kappa shape index (κ2) is 5.44. The van der Waals surface area contributed by atoms with Gasteiger partial charge in [0.15, 0.2) is 5.37 Å². The molecule has 0 unspecified atom stereocenters. The molecule has 5 heteroatoms. The number of para-hydroxylation sites is 1. The van der Waals surface area contributed by atoms with Gasteiger partial charge in [-0.15, -0.1) is 0 Å².